The fourth-order valence-corrected chi connectivity index (χ4v) is 2.62. The Morgan fingerprint density at radius 1 is 0.963 bits per heavy atom. The van der Waals surface area contributed by atoms with Gasteiger partial charge in [-0.3, -0.25) is 9.59 Å². The molecule has 0 spiro atoms. The standard InChI is InChI=1S/C19H17Cl2NO5/c1-2-17(23)12-3-5-16(6-4-12)26-11-19(25)27-10-18(24)22-15-8-13(20)7-14(21)9-15/h3-9H,2,10-11H2,1H3,(H,22,24). The quantitative estimate of drug-likeness (QED) is 0.523. The number of ketones is 1. The topological polar surface area (TPSA) is 81.7 Å². The number of nitrogens with one attached hydrogen (secondary N) is 1. The predicted molar refractivity (Wildman–Crippen MR) is 103 cm³/mol. The van der Waals surface area contributed by atoms with Gasteiger partial charge in [0.15, 0.2) is 19.0 Å². The Balaban J connectivity index is 1.75. The highest BCUT2D eigenvalue weighted by Crippen LogP contribution is 2.22. The number of hydrogen-bond acceptors (Lipinski definition) is 5. The highest BCUT2D eigenvalue weighted by Gasteiger charge is 2.10. The van der Waals surface area contributed by atoms with Crippen LogP contribution in [0.5, 0.6) is 5.75 Å². The third kappa shape index (κ3) is 6.92. The molecule has 1 amide bonds. The van der Waals surface area contributed by atoms with Crippen LogP contribution in [0, 0.1) is 0 Å². The Hall–Kier alpha value is -2.57. The molecule has 0 aliphatic rings. The zero-order valence-corrected chi connectivity index (χ0v) is 16.0. The number of halogens is 2. The summed E-state index contributed by atoms with van der Waals surface area (Å²) in [5.74, 6) is -0.808. The number of hydrogen-bond donors (Lipinski definition) is 1. The van der Waals surface area contributed by atoms with E-state index < -0.39 is 18.5 Å². The number of benzene rings is 2. The molecule has 0 unspecified atom stereocenters. The summed E-state index contributed by atoms with van der Waals surface area (Å²) in [6.45, 7) is 0.938. The van der Waals surface area contributed by atoms with Gasteiger partial charge in [0, 0.05) is 27.7 Å². The van der Waals surface area contributed by atoms with Crippen LogP contribution in [0.3, 0.4) is 0 Å². The summed E-state index contributed by atoms with van der Waals surface area (Å²) in [4.78, 5) is 35.0. The van der Waals surface area contributed by atoms with E-state index in [4.69, 9.17) is 32.7 Å². The van der Waals surface area contributed by atoms with Crippen molar-refractivity contribution in [2.24, 2.45) is 0 Å². The molecule has 8 heteroatoms. The molecule has 2 aromatic carbocycles. The molecular weight excluding hydrogens is 393 g/mol. The Morgan fingerprint density at radius 3 is 2.19 bits per heavy atom. The maximum atomic E-state index is 11.8. The van der Waals surface area contributed by atoms with Crippen molar-refractivity contribution in [3.63, 3.8) is 0 Å². The van der Waals surface area contributed by atoms with Crippen LogP contribution >= 0.6 is 23.2 Å². The number of Topliss-reactive ketones (excluding diaryl/α,β-unsaturated/α-hetero) is 1. The molecule has 0 aliphatic carbocycles. The Bertz CT molecular complexity index is 816. The Labute approximate surface area is 166 Å². The highest BCUT2D eigenvalue weighted by atomic mass is 35.5. The zero-order valence-electron chi connectivity index (χ0n) is 14.5. The maximum Gasteiger partial charge on any atom is 0.344 e. The van der Waals surface area contributed by atoms with Crippen LogP contribution < -0.4 is 10.1 Å². The lowest BCUT2D eigenvalue weighted by Gasteiger charge is -2.09. The SMILES string of the molecule is CCC(=O)c1ccc(OCC(=O)OCC(=O)Nc2cc(Cl)cc(Cl)c2)cc1. The Kier molecular flexibility index (Phi) is 7.64. The van der Waals surface area contributed by atoms with Gasteiger partial charge in [0.05, 0.1) is 0 Å². The van der Waals surface area contributed by atoms with Crippen molar-refractivity contribution < 1.29 is 23.9 Å². The molecule has 0 radical (unpaired) electrons. The van der Waals surface area contributed by atoms with E-state index in [2.05, 4.69) is 5.32 Å². The first-order valence-corrected chi connectivity index (χ1v) is 8.80. The van der Waals surface area contributed by atoms with E-state index in [1.807, 2.05) is 0 Å². The van der Waals surface area contributed by atoms with Crippen LogP contribution in [0.15, 0.2) is 42.5 Å². The van der Waals surface area contributed by atoms with Gasteiger partial charge >= 0.3 is 5.97 Å². The molecule has 2 rings (SSSR count). The van der Waals surface area contributed by atoms with Crippen LogP contribution in [-0.4, -0.2) is 30.9 Å². The summed E-state index contributed by atoms with van der Waals surface area (Å²) < 4.78 is 10.1. The molecule has 142 valence electrons. The van der Waals surface area contributed by atoms with Crippen molar-refractivity contribution in [2.45, 2.75) is 13.3 Å². The summed E-state index contributed by atoms with van der Waals surface area (Å²) in [5.41, 5.74) is 0.969. The zero-order chi connectivity index (χ0) is 19.8. The number of rotatable bonds is 8. The minimum Gasteiger partial charge on any atom is -0.482 e. The second-order valence-electron chi connectivity index (χ2n) is 5.46. The lowest BCUT2D eigenvalue weighted by atomic mass is 10.1. The lowest BCUT2D eigenvalue weighted by Crippen LogP contribution is -2.23. The van der Waals surface area contributed by atoms with Gasteiger partial charge in [-0.05, 0) is 42.5 Å². The van der Waals surface area contributed by atoms with E-state index in [-0.39, 0.29) is 12.4 Å². The van der Waals surface area contributed by atoms with Gasteiger partial charge in [0.1, 0.15) is 5.75 Å². The van der Waals surface area contributed by atoms with Gasteiger partial charge in [-0.2, -0.15) is 0 Å². The molecule has 0 atom stereocenters. The van der Waals surface area contributed by atoms with Gasteiger partial charge in [-0.15, -0.1) is 0 Å². The third-order valence-corrected chi connectivity index (χ3v) is 3.80. The monoisotopic (exact) mass is 409 g/mol. The largest absolute Gasteiger partial charge is 0.482 e. The fourth-order valence-electron chi connectivity index (χ4n) is 2.09. The molecule has 0 fully saturated rings. The summed E-state index contributed by atoms with van der Waals surface area (Å²) in [6, 6.07) is 11.0. The summed E-state index contributed by atoms with van der Waals surface area (Å²) in [6.07, 6.45) is 0.413. The molecular formula is C19H17Cl2NO5. The fraction of sp³-hybridized carbons (Fsp3) is 0.211. The van der Waals surface area contributed by atoms with Crippen molar-refractivity contribution >= 4 is 46.5 Å². The van der Waals surface area contributed by atoms with Crippen LogP contribution in [0.4, 0.5) is 5.69 Å². The van der Waals surface area contributed by atoms with Crippen molar-refractivity contribution in [1.82, 2.24) is 0 Å². The first kappa shape index (κ1) is 20.7. The van der Waals surface area contributed by atoms with Gasteiger partial charge < -0.3 is 14.8 Å². The van der Waals surface area contributed by atoms with Crippen molar-refractivity contribution in [3.05, 3.63) is 58.1 Å². The second kappa shape index (κ2) is 9.94. The van der Waals surface area contributed by atoms with Crippen LogP contribution in [0.1, 0.15) is 23.7 Å². The average molecular weight is 410 g/mol. The molecule has 0 saturated heterocycles. The molecule has 27 heavy (non-hydrogen) atoms. The van der Waals surface area contributed by atoms with Crippen molar-refractivity contribution in [2.75, 3.05) is 18.5 Å². The minimum atomic E-state index is -0.706. The average Bonchev–Trinajstić information content (AvgIpc) is 2.63. The van der Waals surface area contributed by atoms with E-state index >= 15 is 0 Å². The third-order valence-electron chi connectivity index (χ3n) is 3.36. The minimum absolute atomic E-state index is 0.0213. The van der Waals surface area contributed by atoms with Gasteiger partial charge in [-0.25, -0.2) is 4.79 Å². The first-order valence-electron chi connectivity index (χ1n) is 8.05. The molecule has 0 saturated carbocycles. The Morgan fingerprint density at radius 2 is 1.59 bits per heavy atom. The lowest BCUT2D eigenvalue weighted by molar-refractivity contribution is -0.149. The molecule has 0 bridgehead atoms. The molecule has 1 N–H and O–H groups in total. The highest BCUT2D eigenvalue weighted by molar-refractivity contribution is 6.35. The van der Waals surface area contributed by atoms with E-state index in [0.29, 0.717) is 33.5 Å². The number of carbonyl (C=O) groups excluding carboxylic acids is 3. The van der Waals surface area contributed by atoms with E-state index in [1.54, 1.807) is 31.2 Å². The first-order chi connectivity index (χ1) is 12.9. The summed E-state index contributed by atoms with van der Waals surface area (Å²) in [5, 5.41) is 3.26. The van der Waals surface area contributed by atoms with Crippen LogP contribution in [0.25, 0.3) is 0 Å². The number of esters is 1. The van der Waals surface area contributed by atoms with Gasteiger partial charge in [0.25, 0.3) is 5.91 Å². The van der Waals surface area contributed by atoms with Crippen molar-refractivity contribution in [3.8, 4) is 5.75 Å². The molecule has 6 nitrogen and oxygen atoms in total. The van der Waals surface area contributed by atoms with Crippen LogP contribution in [0.2, 0.25) is 10.0 Å². The van der Waals surface area contributed by atoms with Gasteiger partial charge in [0.2, 0.25) is 0 Å². The van der Waals surface area contributed by atoms with E-state index in [1.165, 1.54) is 18.2 Å². The van der Waals surface area contributed by atoms with Gasteiger partial charge in [-0.1, -0.05) is 30.1 Å². The van der Waals surface area contributed by atoms with E-state index in [0.717, 1.165) is 0 Å². The predicted octanol–water partition coefficient (Wildman–Crippen LogP) is 4.15. The van der Waals surface area contributed by atoms with E-state index in [9.17, 15) is 14.4 Å². The molecule has 0 heterocycles. The number of anilines is 1. The molecule has 0 aliphatic heterocycles. The number of carbonyl (C=O) groups is 3. The second-order valence-corrected chi connectivity index (χ2v) is 6.33. The molecule has 0 aromatic heterocycles. The smallest absolute Gasteiger partial charge is 0.344 e. The number of ether oxygens (including phenoxy) is 2. The summed E-state index contributed by atoms with van der Waals surface area (Å²) in [7, 11) is 0. The number of amides is 1. The van der Waals surface area contributed by atoms with Crippen molar-refractivity contribution in [1.29, 1.82) is 0 Å². The molecule has 2 aromatic rings. The van der Waals surface area contributed by atoms with Crippen LogP contribution in [-0.2, 0) is 14.3 Å². The normalized spacial score (nSPS) is 10.2. The maximum absolute atomic E-state index is 11.8. The summed E-state index contributed by atoms with van der Waals surface area (Å²) >= 11 is 11.7.